The van der Waals surface area contributed by atoms with E-state index in [9.17, 15) is 4.39 Å². The van der Waals surface area contributed by atoms with Crippen molar-refractivity contribution in [3.05, 3.63) is 29.6 Å². The van der Waals surface area contributed by atoms with Crippen molar-refractivity contribution in [2.45, 2.75) is 19.6 Å². The van der Waals surface area contributed by atoms with E-state index in [2.05, 4.69) is 0 Å². The first-order valence-corrected chi connectivity index (χ1v) is 4.82. The quantitative estimate of drug-likeness (QED) is 0.788. The number of nitrogens with zero attached hydrogens (tertiary/aromatic N) is 1. The van der Waals surface area contributed by atoms with Crippen LogP contribution in [0.25, 0.3) is 0 Å². The number of hydrogen-bond donors (Lipinski definition) is 2. The SMILES string of the molecule is CC(CO)N(C)c1cc(F)cc(CO)c1. The number of aliphatic hydroxyl groups excluding tert-OH is 2. The van der Waals surface area contributed by atoms with Crippen LogP contribution in [0, 0.1) is 5.82 Å². The van der Waals surface area contributed by atoms with Gasteiger partial charge < -0.3 is 15.1 Å². The molecule has 0 saturated carbocycles. The zero-order chi connectivity index (χ0) is 11.4. The van der Waals surface area contributed by atoms with Gasteiger partial charge in [-0.3, -0.25) is 0 Å². The average molecular weight is 213 g/mol. The van der Waals surface area contributed by atoms with E-state index in [0.29, 0.717) is 11.3 Å². The number of aliphatic hydroxyl groups is 2. The fourth-order valence-corrected chi connectivity index (χ4v) is 1.31. The Morgan fingerprint density at radius 3 is 2.53 bits per heavy atom. The second-order valence-corrected chi connectivity index (χ2v) is 3.62. The molecule has 0 spiro atoms. The topological polar surface area (TPSA) is 43.7 Å². The van der Waals surface area contributed by atoms with Crippen molar-refractivity contribution >= 4 is 5.69 Å². The lowest BCUT2D eigenvalue weighted by atomic mass is 10.1. The van der Waals surface area contributed by atoms with Crippen molar-refractivity contribution in [2.24, 2.45) is 0 Å². The molecule has 0 heterocycles. The standard InChI is InChI=1S/C11H16FNO2/c1-8(6-14)13(2)11-4-9(7-15)3-10(12)5-11/h3-5,8,14-15H,6-7H2,1-2H3. The normalized spacial score (nSPS) is 12.6. The van der Waals surface area contributed by atoms with Crippen molar-refractivity contribution in [1.82, 2.24) is 0 Å². The van der Waals surface area contributed by atoms with Crippen LogP contribution in [0.5, 0.6) is 0 Å². The van der Waals surface area contributed by atoms with E-state index in [1.165, 1.54) is 12.1 Å². The molecule has 1 atom stereocenters. The molecule has 0 fully saturated rings. The predicted molar refractivity (Wildman–Crippen MR) is 57.3 cm³/mol. The molecule has 0 radical (unpaired) electrons. The third-order valence-corrected chi connectivity index (χ3v) is 2.46. The van der Waals surface area contributed by atoms with Gasteiger partial charge in [0.15, 0.2) is 0 Å². The van der Waals surface area contributed by atoms with Crippen molar-refractivity contribution in [3.8, 4) is 0 Å². The van der Waals surface area contributed by atoms with Gasteiger partial charge in [0.05, 0.1) is 13.2 Å². The van der Waals surface area contributed by atoms with Gasteiger partial charge in [-0.15, -0.1) is 0 Å². The maximum atomic E-state index is 13.1. The summed E-state index contributed by atoms with van der Waals surface area (Å²) in [6, 6.07) is 4.29. The number of hydrogen-bond acceptors (Lipinski definition) is 3. The summed E-state index contributed by atoms with van der Waals surface area (Å²) in [6.07, 6.45) is 0. The second kappa shape index (κ2) is 5.09. The van der Waals surface area contributed by atoms with Crippen LogP contribution in [0.3, 0.4) is 0 Å². The minimum atomic E-state index is -0.381. The van der Waals surface area contributed by atoms with E-state index >= 15 is 0 Å². The van der Waals surface area contributed by atoms with Gasteiger partial charge in [-0.05, 0) is 30.7 Å². The predicted octanol–water partition coefficient (Wildman–Crippen LogP) is 1.14. The molecule has 0 aliphatic carbocycles. The van der Waals surface area contributed by atoms with Crippen molar-refractivity contribution in [3.63, 3.8) is 0 Å². The fourth-order valence-electron chi connectivity index (χ4n) is 1.31. The Bertz CT molecular complexity index is 330. The minimum Gasteiger partial charge on any atom is -0.394 e. The van der Waals surface area contributed by atoms with Gasteiger partial charge in [-0.2, -0.15) is 0 Å². The third kappa shape index (κ3) is 2.91. The molecule has 1 rings (SSSR count). The monoisotopic (exact) mass is 213 g/mol. The average Bonchev–Trinajstić information content (AvgIpc) is 2.26. The zero-order valence-corrected chi connectivity index (χ0v) is 8.94. The molecule has 2 N–H and O–H groups in total. The molecule has 1 aromatic rings. The summed E-state index contributed by atoms with van der Waals surface area (Å²) in [4.78, 5) is 1.77. The van der Waals surface area contributed by atoms with Gasteiger partial charge in [-0.1, -0.05) is 0 Å². The van der Waals surface area contributed by atoms with Crippen LogP contribution in [-0.4, -0.2) is 29.9 Å². The molecule has 0 saturated heterocycles. The van der Waals surface area contributed by atoms with Crippen LogP contribution in [0.15, 0.2) is 18.2 Å². The van der Waals surface area contributed by atoms with Gasteiger partial charge in [0.2, 0.25) is 0 Å². The van der Waals surface area contributed by atoms with E-state index in [0.717, 1.165) is 0 Å². The molecular weight excluding hydrogens is 197 g/mol. The van der Waals surface area contributed by atoms with Gasteiger partial charge in [-0.25, -0.2) is 4.39 Å². The van der Waals surface area contributed by atoms with Crippen molar-refractivity contribution in [2.75, 3.05) is 18.6 Å². The van der Waals surface area contributed by atoms with Crippen LogP contribution in [0.1, 0.15) is 12.5 Å². The summed E-state index contributed by atoms with van der Waals surface area (Å²) in [5, 5.41) is 17.9. The number of anilines is 1. The Balaban J connectivity index is 2.97. The lowest BCUT2D eigenvalue weighted by molar-refractivity contribution is 0.270. The second-order valence-electron chi connectivity index (χ2n) is 3.62. The highest BCUT2D eigenvalue weighted by molar-refractivity contribution is 5.49. The summed E-state index contributed by atoms with van der Waals surface area (Å²) in [5.41, 5.74) is 1.18. The van der Waals surface area contributed by atoms with E-state index in [1.807, 2.05) is 6.92 Å². The first-order chi connectivity index (χ1) is 7.08. The Morgan fingerprint density at radius 2 is 2.00 bits per heavy atom. The zero-order valence-electron chi connectivity index (χ0n) is 8.94. The summed E-state index contributed by atoms with van der Waals surface area (Å²) in [7, 11) is 1.77. The number of likely N-dealkylation sites (N-methyl/N-ethyl adjacent to an activating group) is 1. The molecule has 0 bridgehead atoms. The van der Waals surface area contributed by atoms with E-state index in [4.69, 9.17) is 10.2 Å². The highest BCUT2D eigenvalue weighted by Gasteiger charge is 2.10. The Kier molecular flexibility index (Phi) is 4.05. The molecule has 0 aliphatic heterocycles. The van der Waals surface area contributed by atoms with Crippen LogP contribution >= 0.6 is 0 Å². The Hall–Kier alpha value is -1.13. The maximum absolute atomic E-state index is 13.1. The highest BCUT2D eigenvalue weighted by atomic mass is 19.1. The Morgan fingerprint density at radius 1 is 1.33 bits per heavy atom. The molecule has 0 aliphatic rings. The number of rotatable bonds is 4. The van der Waals surface area contributed by atoms with Gasteiger partial charge in [0, 0.05) is 18.8 Å². The van der Waals surface area contributed by atoms with E-state index in [-0.39, 0.29) is 25.1 Å². The van der Waals surface area contributed by atoms with E-state index < -0.39 is 0 Å². The maximum Gasteiger partial charge on any atom is 0.125 e. The smallest absolute Gasteiger partial charge is 0.125 e. The van der Waals surface area contributed by atoms with Crippen molar-refractivity contribution < 1.29 is 14.6 Å². The lowest BCUT2D eigenvalue weighted by Gasteiger charge is -2.25. The highest BCUT2D eigenvalue weighted by Crippen LogP contribution is 2.19. The molecule has 4 heteroatoms. The third-order valence-electron chi connectivity index (χ3n) is 2.46. The molecule has 0 aromatic heterocycles. The first-order valence-electron chi connectivity index (χ1n) is 4.82. The molecule has 1 aromatic carbocycles. The van der Waals surface area contributed by atoms with Gasteiger partial charge in [0.25, 0.3) is 0 Å². The molecule has 3 nitrogen and oxygen atoms in total. The molecule has 84 valence electrons. The van der Waals surface area contributed by atoms with Crippen LogP contribution in [-0.2, 0) is 6.61 Å². The minimum absolute atomic E-state index is 0.00146. The van der Waals surface area contributed by atoms with Crippen LogP contribution in [0.2, 0.25) is 0 Å². The summed E-state index contributed by atoms with van der Waals surface area (Å²) in [5.74, 6) is -0.381. The molecule has 1 unspecified atom stereocenters. The van der Waals surface area contributed by atoms with Gasteiger partial charge >= 0.3 is 0 Å². The van der Waals surface area contributed by atoms with E-state index in [1.54, 1.807) is 18.0 Å². The number of halogens is 1. The molecule has 0 amide bonds. The molecular formula is C11H16FNO2. The first kappa shape index (κ1) is 11.9. The summed E-state index contributed by atoms with van der Waals surface area (Å²) < 4.78 is 13.1. The van der Waals surface area contributed by atoms with Crippen LogP contribution in [0.4, 0.5) is 10.1 Å². The fraction of sp³-hybridized carbons (Fsp3) is 0.455. The summed E-state index contributed by atoms with van der Waals surface area (Å²) >= 11 is 0. The lowest BCUT2D eigenvalue weighted by Crippen LogP contribution is -2.31. The Labute approximate surface area is 88.8 Å². The van der Waals surface area contributed by atoms with Crippen LogP contribution < -0.4 is 4.90 Å². The summed E-state index contributed by atoms with van der Waals surface area (Å²) in [6.45, 7) is 1.65. The van der Waals surface area contributed by atoms with Gasteiger partial charge in [0.1, 0.15) is 5.82 Å². The number of benzene rings is 1. The van der Waals surface area contributed by atoms with Crippen molar-refractivity contribution in [1.29, 1.82) is 0 Å². The largest absolute Gasteiger partial charge is 0.394 e. The molecule has 15 heavy (non-hydrogen) atoms.